The Morgan fingerprint density at radius 3 is 1.91 bits per heavy atom. The fraction of sp³-hybridized carbons (Fsp3) is 0.917. The van der Waals surface area contributed by atoms with Crippen LogP contribution >= 0.6 is 7.82 Å². The number of esters is 2. The number of hydrogen-bond donors (Lipinski definition) is 1. The molecule has 0 aromatic rings. The number of nitrogens with zero attached hydrogens (tertiary/aromatic N) is 1. The molecule has 0 aromatic carbocycles. The first kappa shape index (κ1) is 33.0. The van der Waals surface area contributed by atoms with E-state index in [1.165, 1.54) is 6.42 Å². The van der Waals surface area contributed by atoms with Crippen LogP contribution in [0.4, 0.5) is 0 Å². The normalized spacial score (nSPS) is 14.4. The van der Waals surface area contributed by atoms with Gasteiger partial charge in [0.05, 0.1) is 27.7 Å². The van der Waals surface area contributed by atoms with Crippen molar-refractivity contribution in [1.82, 2.24) is 0 Å². The summed E-state index contributed by atoms with van der Waals surface area (Å²) in [7, 11) is 1.47. The predicted octanol–water partition coefficient (Wildman–Crippen LogP) is 5.00. The van der Waals surface area contributed by atoms with Gasteiger partial charge in [0.2, 0.25) is 0 Å². The number of hydrogen-bond acceptors (Lipinski definition) is 7. The Labute approximate surface area is 206 Å². The summed E-state index contributed by atoms with van der Waals surface area (Å²) in [5.74, 6) is -0.832. The number of carbonyl (C=O) groups excluding carboxylic acids is 2. The van der Waals surface area contributed by atoms with Crippen LogP contribution in [-0.4, -0.2) is 74.9 Å². The van der Waals surface area contributed by atoms with Gasteiger partial charge in [-0.15, -0.1) is 0 Å². The van der Waals surface area contributed by atoms with Crippen LogP contribution in [0.25, 0.3) is 0 Å². The van der Waals surface area contributed by atoms with Crippen molar-refractivity contribution in [3.8, 4) is 0 Å². The molecule has 0 saturated heterocycles. The van der Waals surface area contributed by atoms with Gasteiger partial charge in [-0.2, -0.15) is 0 Å². The lowest BCUT2D eigenvalue weighted by molar-refractivity contribution is -0.870. The number of unbranched alkanes of at least 4 members (excludes halogenated alkanes) is 8. The maximum absolute atomic E-state index is 12.3. The SMILES string of the molecule is CCCCCCCCC(=O)O[C@H](COC(=O)CCCCCC)COP(=O)(O)OCC[N+](C)(C)C. The van der Waals surface area contributed by atoms with Gasteiger partial charge < -0.3 is 18.9 Å². The van der Waals surface area contributed by atoms with Gasteiger partial charge in [-0.1, -0.05) is 65.2 Å². The second-order valence-electron chi connectivity index (χ2n) is 9.73. The van der Waals surface area contributed by atoms with Crippen LogP contribution in [0.3, 0.4) is 0 Å². The molecule has 2 atom stereocenters. The van der Waals surface area contributed by atoms with E-state index in [1.54, 1.807) is 0 Å². The zero-order chi connectivity index (χ0) is 25.9. The lowest BCUT2D eigenvalue weighted by atomic mass is 10.1. The number of phosphoric acid groups is 1. The molecule has 0 saturated carbocycles. The van der Waals surface area contributed by atoms with Crippen LogP contribution in [0.1, 0.15) is 90.9 Å². The van der Waals surface area contributed by atoms with Crippen LogP contribution < -0.4 is 0 Å². The molecule has 0 aromatic heterocycles. The molecule has 0 spiro atoms. The van der Waals surface area contributed by atoms with Crippen molar-refractivity contribution in [1.29, 1.82) is 0 Å². The zero-order valence-electron chi connectivity index (χ0n) is 22.1. The van der Waals surface area contributed by atoms with E-state index in [1.807, 2.05) is 21.1 Å². The monoisotopic (exact) mass is 510 g/mol. The number of phosphoric ester groups is 1. The number of ether oxygens (including phenoxy) is 2. The maximum Gasteiger partial charge on any atom is 0.472 e. The first-order valence-electron chi connectivity index (χ1n) is 12.8. The molecule has 0 aliphatic rings. The fourth-order valence-electron chi connectivity index (χ4n) is 3.01. The molecule has 0 aliphatic carbocycles. The molecule has 0 bridgehead atoms. The summed E-state index contributed by atoms with van der Waals surface area (Å²) in [5.41, 5.74) is 0. The van der Waals surface area contributed by atoms with Crippen molar-refractivity contribution in [2.45, 2.75) is 97.0 Å². The number of rotatable bonds is 22. The summed E-state index contributed by atoms with van der Waals surface area (Å²) >= 11 is 0. The molecule has 1 unspecified atom stereocenters. The molecule has 0 amide bonds. The van der Waals surface area contributed by atoms with Gasteiger partial charge in [-0.25, -0.2) is 4.57 Å². The molecule has 0 heterocycles. The Bertz CT molecular complexity index is 594. The van der Waals surface area contributed by atoms with E-state index in [9.17, 15) is 19.0 Å². The predicted molar refractivity (Wildman–Crippen MR) is 132 cm³/mol. The Balaban J connectivity index is 4.62. The largest absolute Gasteiger partial charge is 0.472 e. The van der Waals surface area contributed by atoms with Crippen molar-refractivity contribution < 1.29 is 42.1 Å². The highest BCUT2D eigenvalue weighted by atomic mass is 31.2. The topological polar surface area (TPSA) is 108 Å². The number of likely N-dealkylation sites (N-methyl/N-ethyl adjacent to an activating group) is 1. The summed E-state index contributed by atoms with van der Waals surface area (Å²) in [4.78, 5) is 34.2. The van der Waals surface area contributed by atoms with Gasteiger partial charge in [0.1, 0.15) is 19.8 Å². The van der Waals surface area contributed by atoms with Crippen molar-refractivity contribution in [2.75, 3.05) is 47.5 Å². The molecule has 0 aliphatic heterocycles. The average molecular weight is 511 g/mol. The third-order valence-corrected chi connectivity index (χ3v) is 6.12. The lowest BCUT2D eigenvalue weighted by Gasteiger charge is -2.24. The second kappa shape index (κ2) is 19.2. The first-order valence-corrected chi connectivity index (χ1v) is 14.3. The van der Waals surface area contributed by atoms with Crippen LogP contribution in [0.15, 0.2) is 0 Å². The highest BCUT2D eigenvalue weighted by molar-refractivity contribution is 7.47. The molecular formula is C24H49NO8P+. The van der Waals surface area contributed by atoms with Gasteiger partial charge in [0.15, 0.2) is 6.10 Å². The van der Waals surface area contributed by atoms with Gasteiger partial charge in [-0.3, -0.25) is 18.6 Å². The van der Waals surface area contributed by atoms with Crippen LogP contribution in [0, 0.1) is 0 Å². The molecule has 0 rings (SSSR count). The summed E-state index contributed by atoms with van der Waals surface area (Å²) in [6.07, 6.45) is 9.57. The van der Waals surface area contributed by atoms with E-state index in [2.05, 4.69) is 13.8 Å². The Morgan fingerprint density at radius 2 is 1.32 bits per heavy atom. The van der Waals surface area contributed by atoms with E-state index >= 15 is 0 Å². The fourth-order valence-corrected chi connectivity index (χ4v) is 3.75. The zero-order valence-corrected chi connectivity index (χ0v) is 23.0. The number of carbonyl (C=O) groups is 2. The van der Waals surface area contributed by atoms with Gasteiger partial charge in [-0.05, 0) is 12.8 Å². The Hall–Kier alpha value is -0.990. The minimum absolute atomic E-state index is 0.0342. The Morgan fingerprint density at radius 1 is 0.794 bits per heavy atom. The Kier molecular flexibility index (Phi) is 18.7. The third-order valence-electron chi connectivity index (χ3n) is 5.14. The summed E-state index contributed by atoms with van der Waals surface area (Å²) < 4.78 is 33.4. The van der Waals surface area contributed by atoms with Crippen LogP contribution in [0.5, 0.6) is 0 Å². The maximum atomic E-state index is 12.3. The van der Waals surface area contributed by atoms with Crippen molar-refractivity contribution >= 4 is 19.8 Å². The van der Waals surface area contributed by atoms with Gasteiger partial charge >= 0.3 is 19.8 Å². The molecule has 1 N–H and O–H groups in total. The highest BCUT2D eigenvalue weighted by Crippen LogP contribution is 2.43. The van der Waals surface area contributed by atoms with E-state index in [0.717, 1.165) is 51.4 Å². The summed E-state index contributed by atoms with van der Waals surface area (Å²) in [6, 6.07) is 0. The van der Waals surface area contributed by atoms with E-state index < -0.39 is 26.5 Å². The van der Waals surface area contributed by atoms with Gasteiger partial charge in [0, 0.05) is 12.8 Å². The molecule has 10 heteroatoms. The quantitative estimate of drug-likeness (QED) is 0.0938. The second-order valence-corrected chi connectivity index (χ2v) is 11.2. The lowest BCUT2D eigenvalue weighted by Crippen LogP contribution is -2.37. The third kappa shape index (κ3) is 21.5. The molecule has 0 radical (unpaired) electrons. The smallest absolute Gasteiger partial charge is 0.462 e. The first-order chi connectivity index (χ1) is 16.0. The van der Waals surface area contributed by atoms with Crippen LogP contribution in [-0.2, 0) is 32.7 Å². The average Bonchev–Trinajstić information content (AvgIpc) is 2.74. The van der Waals surface area contributed by atoms with E-state index in [-0.39, 0.29) is 32.0 Å². The van der Waals surface area contributed by atoms with Crippen LogP contribution in [0.2, 0.25) is 0 Å². The van der Waals surface area contributed by atoms with E-state index in [4.69, 9.17) is 18.5 Å². The molecule has 0 fully saturated rings. The molecular weight excluding hydrogens is 461 g/mol. The molecule has 9 nitrogen and oxygen atoms in total. The van der Waals surface area contributed by atoms with E-state index in [0.29, 0.717) is 17.4 Å². The number of quaternary nitrogens is 1. The molecule has 202 valence electrons. The standard InChI is InChI=1S/C24H48NO8P/c1-6-8-10-12-13-15-17-24(27)33-22(20-30-23(26)16-14-11-9-7-2)21-32-34(28,29)31-19-18-25(3,4)5/h22H,6-21H2,1-5H3/p+1/t22-/m1/s1. The van der Waals surface area contributed by atoms with Crippen molar-refractivity contribution in [3.05, 3.63) is 0 Å². The van der Waals surface area contributed by atoms with Gasteiger partial charge in [0.25, 0.3) is 0 Å². The minimum Gasteiger partial charge on any atom is -0.462 e. The van der Waals surface area contributed by atoms with Crippen molar-refractivity contribution in [3.63, 3.8) is 0 Å². The highest BCUT2D eigenvalue weighted by Gasteiger charge is 2.27. The summed E-state index contributed by atoms with van der Waals surface area (Å²) in [6.45, 7) is 4.16. The minimum atomic E-state index is -4.33. The molecule has 34 heavy (non-hydrogen) atoms. The summed E-state index contributed by atoms with van der Waals surface area (Å²) in [5, 5.41) is 0. The van der Waals surface area contributed by atoms with Crippen molar-refractivity contribution in [2.24, 2.45) is 0 Å².